The van der Waals surface area contributed by atoms with Gasteiger partial charge in [0.2, 0.25) is 0 Å². The van der Waals surface area contributed by atoms with Gasteiger partial charge in [-0.25, -0.2) is 0 Å². The van der Waals surface area contributed by atoms with Crippen LogP contribution in [0.4, 0.5) is 0 Å². The normalized spacial score (nSPS) is 28.7. The molecule has 0 aromatic carbocycles. The monoisotopic (exact) mass is 393 g/mol. The van der Waals surface area contributed by atoms with Crippen LogP contribution in [0.15, 0.2) is 0 Å². The van der Waals surface area contributed by atoms with Gasteiger partial charge in [0.15, 0.2) is 0 Å². The Morgan fingerprint density at radius 2 is 1.52 bits per heavy atom. The SMILES string of the molecule is CCCC1(CCC)CC(PC(C)C)C[C](PC(C)C)([Ti]([CH3])[CH3])C1. The fraction of sp³-hybridized carbons (Fsp3) is 1.00. The Labute approximate surface area is 157 Å². The molecule has 3 heteroatoms. The summed E-state index contributed by atoms with van der Waals surface area (Å²) >= 11 is -0.940. The molecule has 0 aliphatic heterocycles. The molecular formula is C20H43P2Ti. The summed E-state index contributed by atoms with van der Waals surface area (Å²) in [5.74, 6) is 0. The molecular weight excluding hydrogens is 350 g/mol. The van der Waals surface area contributed by atoms with Gasteiger partial charge in [0.25, 0.3) is 0 Å². The third-order valence-electron chi connectivity index (χ3n) is 5.60. The summed E-state index contributed by atoms with van der Waals surface area (Å²) in [5.41, 5.74) is 3.53. The van der Waals surface area contributed by atoms with Crippen molar-refractivity contribution in [2.75, 3.05) is 0 Å². The van der Waals surface area contributed by atoms with E-state index in [0.29, 0.717) is 5.41 Å². The predicted molar refractivity (Wildman–Crippen MR) is 111 cm³/mol. The molecule has 1 rings (SSSR count). The van der Waals surface area contributed by atoms with Crippen LogP contribution in [0.25, 0.3) is 0 Å². The molecule has 1 fully saturated rings. The van der Waals surface area contributed by atoms with Gasteiger partial charge in [-0.05, 0) is 0 Å². The first-order valence-electron chi connectivity index (χ1n) is 10.0. The zero-order valence-electron chi connectivity index (χ0n) is 17.2. The molecule has 0 N–H and O–H groups in total. The van der Waals surface area contributed by atoms with Crippen molar-refractivity contribution in [2.45, 2.75) is 117 Å². The van der Waals surface area contributed by atoms with E-state index in [9.17, 15) is 0 Å². The Kier molecular flexibility index (Phi) is 9.88. The molecule has 0 saturated heterocycles. The van der Waals surface area contributed by atoms with Gasteiger partial charge in [0, 0.05) is 0 Å². The van der Waals surface area contributed by atoms with Gasteiger partial charge in [-0.2, -0.15) is 0 Å². The number of rotatable bonds is 9. The van der Waals surface area contributed by atoms with Crippen molar-refractivity contribution in [3.63, 3.8) is 0 Å². The van der Waals surface area contributed by atoms with E-state index in [2.05, 4.69) is 52.0 Å². The van der Waals surface area contributed by atoms with E-state index in [0.717, 1.165) is 20.4 Å². The van der Waals surface area contributed by atoms with Crippen molar-refractivity contribution in [1.29, 1.82) is 0 Å². The van der Waals surface area contributed by atoms with Crippen LogP contribution in [-0.4, -0.2) is 20.4 Å². The summed E-state index contributed by atoms with van der Waals surface area (Å²) in [6, 6.07) is 0. The molecule has 1 saturated carbocycles. The summed E-state index contributed by atoms with van der Waals surface area (Å²) in [6.45, 7) is 14.7. The van der Waals surface area contributed by atoms with E-state index in [1.165, 1.54) is 42.8 Å². The topological polar surface area (TPSA) is 0 Å². The van der Waals surface area contributed by atoms with Crippen LogP contribution < -0.4 is 0 Å². The van der Waals surface area contributed by atoms with Crippen molar-refractivity contribution < 1.29 is 17.9 Å². The Morgan fingerprint density at radius 1 is 0.957 bits per heavy atom. The Morgan fingerprint density at radius 3 is 1.91 bits per heavy atom. The maximum atomic E-state index is 2.69. The van der Waals surface area contributed by atoms with Crippen LogP contribution in [0.1, 0.15) is 86.5 Å². The zero-order valence-corrected chi connectivity index (χ0v) is 20.7. The summed E-state index contributed by atoms with van der Waals surface area (Å²) in [7, 11) is 2.43. The van der Waals surface area contributed by atoms with Gasteiger partial charge < -0.3 is 0 Å². The van der Waals surface area contributed by atoms with E-state index >= 15 is 0 Å². The molecule has 0 spiro atoms. The van der Waals surface area contributed by atoms with Crippen LogP contribution in [0.5, 0.6) is 0 Å². The van der Waals surface area contributed by atoms with Gasteiger partial charge in [0.05, 0.1) is 0 Å². The molecule has 0 nitrogen and oxygen atoms in total. The van der Waals surface area contributed by atoms with Gasteiger partial charge in [-0.3, -0.25) is 0 Å². The second-order valence-corrected chi connectivity index (χ2v) is 19.1. The molecule has 0 radical (unpaired) electrons. The van der Waals surface area contributed by atoms with Crippen molar-refractivity contribution in [3.05, 3.63) is 0 Å². The molecule has 0 aromatic heterocycles. The van der Waals surface area contributed by atoms with Crippen LogP contribution >= 0.6 is 17.2 Å². The van der Waals surface area contributed by atoms with Crippen molar-refractivity contribution in [3.8, 4) is 0 Å². The van der Waals surface area contributed by atoms with E-state index in [1.807, 2.05) is 0 Å². The first-order chi connectivity index (χ1) is 10.7. The quantitative estimate of drug-likeness (QED) is 0.278. The van der Waals surface area contributed by atoms with Crippen molar-refractivity contribution >= 4 is 17.2 Å². The minimum absolute atomic E-state index is 0.695. The van der Waals surface area contributed by atoms with Crippen LogP contribution in [0.3, 0.4) is 0 Å². The molecule has 0 aromatic rings. The summed E-state index contributed by atoms with van der Waals surface area (Å²) in [4.78, 5) is 0. The molecule has 1 aliphatic rings. The average molecular weight is 393 g/mol. The third-order valence-corrected chi connectivity index (χ3v) is 15.0. The fourth-order valence-corrected chi connectivity index (χ4v) is 14.7. The Hall–Kier alpha value is 1.57. The van der Waals surface area contributed by atoms with Gasteiger partial charge >= 0.3 is 158 Å². The van der Waals surface area contributed by atoms with Crippen molar-refractivity contribution in [1.82, 2.24) is 0 Å². The fourth-order valence-electron chi connectivity index (χ4n) is 5.14. The Bertz CT molecular complexity index is 335. The van der Waals surface area contributed by atoms with Crippen molar-refractivity contribution in [2.24, 2.45) is 5.41 Å². The molecule has 1 aliphatic carbocycles. The second kappa shape index (κ2) is 10.0. The maximum absolute atomic E-state index is 2.69. The second-order valence-electron chi connectivity index (χ2n) is 8.98. The minimum atomic E-state index is -0.940. The molecule has 23 heavy (non-hydrogen) atoms. The van der Waals surface area contributed by atoms with Crippen LogP contribution in [0, 0.1) is 5.41 Å². The van der Waals surface area contributed by atoms with E-state index < -0.39 is 17.9 Å². The first-order valence-corrected chi connectivity index (χ1v) is 16.2. The van der Waals surface area contributed by atoms with Crippen LogP contribution in [0.2, 0.25) is 10.5 Å². The number of hydrogen-bond donors (Lipinski definition) is 0. The summed E-state index contributed by atoms with van der Waals surface area (Å²) in [6.07, 6.45) is 10.5. The molecule has 4 atom stereocenters. The molecule has 0 heterocycles. The standard InChI is InChI=1S/C18H37P2.2CH3.Ti/c1-7-9-18(10-8-2)12-16(19-14(3)4)11-17(13-18)20-15(5)6;;;/h14-16,19-20H,7-13H2,1-6H3;2*1H3;. The van der Waals surface area contributed by atoms with E-state index in [1.54, 1.807) is 19.3 Å². The van der Waals surface area contributed by atoms with Gasteiger partial charge in [-0.15, -0.1) is 0 Å². The third kappa shape index (κ3) is 6.67. The van der Waals surface area contributed by atoms with Gasteiger partial charge in [0.1, 0.15) is 0 Å². The molecule has 137 valence electrons. The van der Waals surface area contributed by atoms with E-state index in [4.69, 9.17) is 0 Å². The van der Waals surface area contributed by atoms with Crippen LogP contribution in [-0.2, 0) is 17.9 Å². The van der Waals surface area contributed by atoms with E-state index in [-0.39, 0.29) is 0 Å². The zero-order chi connectivity index (χ0) is 17.7. The summed E-state index contributed by atoms with van der Waals surface area (Å²) in [5, 5.41) is 5.39. The summed E-state index contributed by atoms with van der Waals surface area (Å²) < 4.78 is 0.795. The molecule has 0 bridgehead atoms. The molecule has 0 amide bonds. The average Bonchev–Trinajstić information content (AvgIpc) is 2.36. The number of hydrogen-bond acceptors (Lipinski definition) is 0. The molecule has 4 unspecified atom stereocenters. The first kappa shape index (κ1) is 22.6. The van der Waals surface area contributed by atoms with Gasteiger partial charge in [-0.1, -0.05) is 0 Å². The predicted octanol–water partition coefficient (Wildman–Crippen LogP) is 7.71. The Balaban J connectivity index is 3.16.